The lowest BCUT2D eigenvalue weighted by molar-refractivity contribution is 0.304. The summed E-state index contributed by atoms with van der Waals surface area (Å²) in [6.45, 7) is 7.77. The van der Waals surface area contributed by atoms with Crippen molar-refractivity contribution in [1.82, 2.24) is 9.97 Å². The average molecular weight is 223 g/mol. The van der Waals surface area contributed by atoms with E-state index < -0.39 is 0 Å². The standard InChI is InChI=1S/C12H21N3O/c1-4-6-7-13-11-9-12(16-8-5-2)15-10(3)14-11/h9H,4-8H2,1-3H3,(H,13,14,15). The maximum atomic E-state index is 5.49. The van der Waals surface area contributed by atoms with Gasteiger partial charge < -0.3 is 10.1 Å². The molecule has 1 heterocycles. The number of anilines is 1. The second-order valence-electron chi connectivity index (χ2n) is 3.77. The van der Waals surface area contributed by atoms with E-state index in [9.17, 15) is 0 Å². The Labute approximate surface area is 97.5 Å². The van der Waals surface area contributed by atoms with E-state index in [1.807, 2.05) is 13.0 Å². The van der Waals surface area contributed by atoms with Gasteiger partial charge in [0, 0.05) is 12.6 Å². The normalized spacial score (nSPS) is 10.2. The number of aryl methyl sites for hydroxylation is 1. The van der Waals surface area contributed by atoms with Crippen LogP contribution in [0.25, 0.3) is 0 Å². The van der Waals surface area contributed by atoms with Crippen molar-refractivity contribution in [1.29, 1.82) is 0 Å². The number of rotatable bonds is 7. The van der Waals surface area contributed by atoms with Crippen LogP contribution in [-0.2, 0) is 0 Å². The summed E-state index contributed by atoms with van der Waals surface area (Å²) in [6, 6.07) is 1.86. The van der Waals surface area contributed by atoms with Gasteiger partial charge in [-0.25, -0.2) is 4.98 Å². The van der Waals surface area contributed by atoms with Crippen molar-refractivity contribution in [3.8, 4) is 5.88 Å². The summed E-state index contributed by atoms with van der Waals surface area (Å²) < 4.78 is 5.49. The largest absolute Gasteiger partial charge is 0.478 e. The van der Waals surface area contributed by atoms with Crippen molar-refractivity contribution >= 4 is 5.82 Å². The Hall–Kier alpha value is -1.32. The molecule has 0 aliphatic rings. The zero-order valence-electron chi connectivity index (χ0n) is 10.4. The smallest absolute Gasteiger partial charge is 0.218 e. The van der Waals surface area contributed by atoms with Gasteiger partial charge in [0.05, 0.1) is 6.61 Å². The summed E-state index contributed by atoms with van der Waals surface area (Å²) in [6.07, 6.45) is 3.31. The molecule has 0 fully saturated rings. The number of hydrogen-bond acceptors (Lipinski definition) is 4. The molecule has 0 saturated heterocycles. The van der Waals surface area contributed by atoms with E-state index in [4.69, 9.17) is 4.74 Å². The van der Waals surface area contributed by atoms with Gasteiger partial charge in [0.15, 0.2) is 0 Å². The summed E-state index contributed by atoms with van der Waals surface area (Å²) in [5.74, 6) is 2.26. The van der Waals surface area contributed by atoms with E-state index in [0.29, 0.717) is 12.5 Å². The molecule has 1 aromatic heterocycles. The topological polar surface area (TPSA) is 47.0 Å². The molecular formula is C12H21N3O. The fraction of sp³-hybridized carbons (Fsp3) is 0.667. The predicted molar refractivity (Wildman–Crippen MR) is 66.0 cm³/mol. The van der Waals surface area contributed by atoms with E-state index in [-0.39, 0.29) is 0 Å². The molecule has 0 unspecified atom stereocenters. The van der Waals surface area contributed by atoms with Crippen LogP contribution in [0.1, 0.15) is 38.9 Å². The van der Waals surface area contributed by atoms with Crippen molar-refractivity contribution in [3.05, 3.63) is 11.9 Å². The molecule has 1 N–H and O–H groups in total. The Morgan fingerprint density at radius 3 is 2.75 bits per heavy atom. The van der Waals surface area contributed by atoms with E-state index >= 15 is 0 Å². The fourth-order valence-electron chi connectivity index (χ4n) is 1.30. The van der Waals surface area contributed by atoms with E-state index in [2.05, 4.69) is 29.1 Å². The third-order valence-corrected chi connectivity index (χ3v) is 2.10. The molecule has 4 heteroatoms. The summed E-state index contributed by atoms with van der Waals surface area (Å²) >= 11 is 0. The van der Waals surface area contributed by atoms with Gasteiger partial charge in [-0.05, 0) is 19.8 Å². The molecule has 0 aliphatic carbocycles. The number of hydrogen-bond donors (Lipinski definition) is 1. The Morgan fingerprint density at radius 2 is 2.06 bits per heavy atom. The lowest BCUT2D eigenvalue weighted by Crippen LogP contribution is -2.06. The van der Waals surface area contributed by atoms with Gasteiger partial charge in [0.1, 0.15) is 11.6 Å². The molecule has 90 valence electrons. The van der Waals surface area contributed by atoms with Crippen molar-refractivity contribution in [2.75, 3.05) is 18.5 Å². The van der Waals surface area contributed by atoms with Crippen LogP contribution in [0.5, 0.6) is 5.88 Å². The lowest BCUT2D eigenvalue weighted by Gasteiger charge is -2.08. The van der Waals surface area contributed by atoms with Gasteiger partial charge >= 0.3 is 0 Å². The number of aromatic nitrogens is 2. The number of nitrogens with zero attached hydrogens (tertiary/aromatic N) is 2. The molecule has 0 aliphatic heterocycles. The first kappa shape index (κ1) is 12.7. The zero-order valence-corrected chi connectivity index (χ0v) is 10.4. The minimum Gasteiger partial charge on any atom is -0.478 e. The fourth-order valence-corrected chi connectivity index (χ4v) is 1.30. The maximum absolute atomic E-state index is 5.49. The van der Waals surface area contributed by atoms with Crippen molar-refractivity contribution < 1.29 is 4.74 Å². The molecule has 16 heavy (non-hydrogen) atoms. The van der Waals surface area contributed by atoms with E-state index in [1.54, 1.807) is 0 Å². The highest BCUT2D eigenvalue weighted by molar-refractivity contribution is 5.38. The summed E-state index contributed by atoms with van der Waals surface area (Å²) in [5, 5.41) is 3.27. The van der Waals surface area contributed by atoms with Gasteiger partial charge in [-0.2, -0.15) is 4.98 Å². The van der Waals surface area contributed by atoms with Crippen LogP contribution in [-0.4, -0.2) is 23.1 Å². The molecule has 0 aromatic carbocycles. The zero-order chi connectivity index (χ0) is 11.8. The summed E-state index contributed by atoms with van der Waals surface area (Å²) in [7, 11) is 0. The van der Waals surface area contributed by atoms with Crippen molar-refractivity contribution in [2.45, 2.75) is 40.0 Å². The molecule has 0 spiro atoms. The first-order valence-corrected chi connectivity index (χ1v) is 5.98. The Morgan fingerprint density at radius 1 is 1.25 bits per heavy atom. The van der Waals surface area contributed by atoms with Gasteiger partial charge in [0.25, 0.3) is 0 Å². The van der Waals surface area contributed by atoms with Gasteiger partial charge in [-0.15, -0.1) is 0 Å². The Bertz CT molecular complexity index is 315. The first-order valence-electron chi connectivity index (χ1n) is 5.98. The second-order valence-corrected chi connectivity index (χ2v) is 3.77. The number of ether oxygens (including phenoxy) is 1. The first-order chi connectivity index (χ1) is 7.76. The molecule has 4 nitrogen and oxygen atoms in total. The molecular weight excluding hydrogens is 202 g/mol. The van der Waals surface area contributed by atoms with Crippen LogP contribution in [0.15, 0.2) is 6.07 Å². The minimum absolute atomic E-state index is 0.661. The van der Waals surface area contributed by atoms with Crippen LogP contribution >= 0.6 is 0 Å². The number of nitrogens with one attached hydrogen (secondary N) is 1. The average Bonchev–Trinajstić information content (AvgIpc) is 2.26. The monoisotopic (exact) mass is 223 g/mol. The highest BCUT2D eigenvalue weighted by atomic mass is 16.5. The van der Waals surface area contributed by atoms with Crippen LogP contribution in [0.3, 0.4) is 0 Å². The number of unbranched alkanes of at least 4 members (excludes halogenated alkanes) is 1. The minimum atomic E-state index is 0.661. The third kappa shape index (κ3) is 4.47. The Kier molecular flexibility index (Phi) is 5.61. The lowest BCUT2D eigenvalue weighted by atomic mass is 10.3. The van der Waals surface area contributed by atoms with E-state index in [0.717, 1.165) is 31.0 Å². The highest BCUT2D eigenvalue weighted by Gasteiger charge is 2.01. The SMILES string of the molecule is CCCCNc1cc(OCCC)nc(C)n1. The third-order valence-electron chi connectivity index (χ3n) is 2.10. The van der Waals surface area contributed by atoms with Gasteiger partial charge in [-0.1, -0.05) is 20.3 Å². The van der Waals surface area contributed by atoms with Crippen LogP contribution < -0.4 is 10.1 Å². The summed E-state index contributed by atoms with van der Waals surface area (Å²) in [4.78, 5) is 8.54. The van der Waals surface area contributed by atoms with Crippen LogP contribution in [0, 0.1) is 6.92 Å². The molecule has 0 bridgehead atoms. The second kappa shape index (κ2) is 7.04. The van der Waals surface area contributed by atoms with Crippen molar-refractivity contribution in [2.24, 2.45) is 0 Å². The van der Waals surface area contributed by atoms with Gasteiger partial charge in [0.2, 0.25) is 5.88 Å². The Balaban J connectivity index is 2.58. The molecule has 1 rings (SSSR count). The molecule has 1 aromatic rings. The van der Waals surface area contributed by atoms with Crippen molar-refractivity contribution in [3.63, 3.8) is 0 Å². The molecule has 0 amide bonds. The van der Waals surface area contributed by atoms with Crippen LogP contribution in [0.2, 0.25) is 0 Å². The molecule has 0 saturated carbocycles. The predicted octanol–water partition coefficient (Wildman–Crippen LogP) is 2.79. The quantitative estimate of drug-likeness (QED) is 0.722. The van der Waals surface area contributed by atoms with Crippen LogP contribution in [0.4, 0.5) is 5.82 Å². The molecule has 0 radical (unpaired) electrons. The molecule has 0 atom stereocenters. The van der Waals surface area contributed by atoms with Gasteiger partial charge in [-0.3, -0.25) is 0 Å². The summed E-state index contributed by atoms with van der Waals surface area (Å²) in [5.41, 5.74) is 0. The van der Waals surface area contributed by atoms with E-state index in [1.165, 1.54) is 6.42 Å². The maximum Gasteiger partial charge on any atom is 0.218 e. The highest BCUT2D eigenvalue weighted by Crippen LogP contribution is 2.13.